The van der Waals surface area contributed by atoms with Gasteiger partial charge in [0.15, 0.2) is 0 Å². The molecule has 1 heterocycles. The fourth-order valence-corrected chi connectivity index (χ4v) is 1.41. The van der Waals surface area contributed by atoms with Crippen LogP contribution < -0.4 is 4.57 Å². The summed E-state index contributed by atoms with van der Waals surface area (Å²) >= 11 is 0. The van der Waals surface area contributed by atoms with Gasteiger partial charge in [0, 0.05) is 0 Å². The number of imidazole rings is 1. The van der Waals surface area contributed by atoms with Crippen LogP contribution in [0, 0.1) is 11.3 Å². The summed E-state index contributed by atoms with van der Waals surface area (Å²) in [6.07, 6.45) is 5.18. The molecule has 0 bridgehead atoms. The Labute approximate surface area is 93.0 Å². The number of nitriles is 1. The Balaban J connectivity index is 2.31. The van der Waals surface area contributed by atoms with Crippen LogP contribution in [0.25, 0.3) is 0 Å². The maximum Gasteiger partial charge on any atom is 0.345 e. The first-order chi connectivity index (χ1) is 7.70. The molecule has 0 spiro atoms. The van der Waals surface area contributed by atoms with Crippen LogP contribution in [-0.4, -0.2) is 10.5 Å². The Morgan fingerprint density at radius 2 is 2.06 bits per heavy atom. The van der Waals surface area contributed by atoms with Crippen LogP contribution in [0.1, 0.15) is 15.9 Å². The first kappa shape index (κ1) is 10.1. The van der Waals surface area contributed by atoms with Gasteiger partial charge in [-0.25, -0.2) is 9.36 Å². The van der Waals surface area contributed by atoms with Gasteiger partial charge in [-0.15, -0.1) is 0 Å². The number of hydrogen-bond acceptors (Lipinski definition) is 2. The van der Waals surface area contributed by atoms with Gasteiger partial charge in [-0.3, -0.25) is 0 Å². The summed E-state index contributed by atoms with van der Waals surface area (Å²) in [7, 11) is 1.85. The molecular formula is C12H10N3O+. The molecule has 0 amide bonds. The maximum absolute atomic E-state index is 11.9. The molecule has 1 aromatic heterocycles. The minimum atomic E-state index is -0.106. The quantitative estimate of drug-likeness (QED) is 0.659. The van der Waals surface area contributed by atoms with Crippen molar-refractivity contribution in [2.45, 2.75) is 0 Å². The van der Waals surface area contributed by atoms with Crippen molar-refractivity contribution in [3.05, 3.63) is 54.1 Å². The number of carbonyl (C=O) groups is 1. The molecule has 0 aliphatic carbocycles. The molecule has 2 rings (SSSR count). The Hall–Kier alpha value is -2.41. The van der Waals surface area contributed by atoms with E-state index in [9.17, 15) is 4.79 Å². The second kappa shape index (κ2) is 3.99. The van der Waals surface area contributed by atoms with E-state index >= 15 is 0 Å². The largest absolute Gasteiger partial charge is 0.345 e. The van der Waals surface area contributed by atoms with E-state index in [1.54, 1.807) is 47.6 Å². The van der Waals surface area contributed by atoms with Crippen LogP contribution in [-0.2, 0) is 7.05 Å². The molecule has 2 aromatic rings. The second-order valence-corrected chi connectivity index (χ2v) is 3.48. The number of carbonyl (C=O) groups excluding carboxylic acids is 1. The monoisotopic (exact) mass is 212 g/mol. The molecule has 0 aliphatic heterocycles. The number of benzene rings is 1. The third-order valence-electron chi connectivity index (χ3n) is 2.26. The minimum Gasteiger partial charge on any atom is -0.240 e. The number of aryl methyl sites for hydroxylation is 1. The van der Waals surface area contributed by atoms with Crippen molar-refractivity contribution in [3.8, 4) is 6.07 Å². The molecule has 0 radical (unpaired) electrons. The topological polar surface area (TPSA) is 49.7 Å². The molecule has 0 saturated carbocycles. The lowest BCUT2D eigenvalue weighted by Crippen LogP contribution is -2.25. The average molecular weight is 212 g/mol. The van der Waals surface area contributed by atoms with Crippen LogP contribution >= 0.6 is 0 Å². The molecule has 0 unspecified atom stereocenters. The van der Waals surface area contributed by atoms with Crippen molar-refractivity contribution >= 4 is 5.91 Å². The van der Waals surface area contributed by atoms with Gasteiger partial charge in [0.05, 0.1) is 24.2 Å². The van der Waals surface area contributed by atoms with Gasteiger partial charge in [-0.05, 0) is 24.3 Å². The Morgan fingerprint density at radius 3 is 2.56 bits per heavy atom. The summed E-state index contributed by atoms with van der Waals surface area (Å²) in [5, 5.41) is 8.64. The van der Waals surface area contributed by atoms with Crippen LogP contribution in [0.5, 0.6) is 0 Å². The van der Waals surface area contributed by atoms with Gasteiger partial charge >= 0.3 is 5.91 Å². The van der Waals surface area contributed by atoms with E-state index in [-0.39, 0.29) is 5.91 Å². The number of rotatable bonds is 1. The highest BCUT2D eigenvalue weighted by molar-refractivity contribution is 5.95. The van der Waals surface area contributed by atoms with Crippen molar-refractivity contribution in [3.63, 3.8) is 0 Å². The summed E-state index contributed by atoms with van der Waals surface area (Å²) in [4.78, 5) is 11.9. The Morgan fingerprint density at radius 1 is 1.38 bits per heavy atom. The lowest BCUT2D eigenvalue weighted by Gasteiger charge is -1.95. The van der Waals surface area contributed by atoms with Crippen molar-refractivity contribution in [1.82, 2.24) is 4.57 Å². The first-order valence-corrected chi connectivity index (χ1v) is 4.79. The zero-order valence-electron chi connectivity index (χ0n) is 8.79. The zero-order chi connectivity index (χ0) is 11.5. The summed E-state index contributed by atoms with van der Waals surface area (Å²) in [6.45, 7) is 0. The van der Waals surface area contributed by atoms with E-state index in [4.69, 9.17) is 5.26 Å². The first-order valence-electron chi connectivity index (χ1n) is 4.79. The molecule has 1 aromatic carbocycles. The summed E-state index contributed by atoms with van der Waals surface area (Å²) in [6, 6.07) is 8.59. The molecule has 0 fully saturated rings. The van der Waals surface area contributed by atoms with Crippen molar-refractivity contribution in [2.24, 2.45) is 7.05 Å². The lowest BCUT2D eigenvalue weighted by molar-refractivity contribution is -0.670. The van der Waals surface area contributed by atoms with E-state index < -0.39 is 0 Å². The van der Waals surface area contributed by atoms with Gasteiger partial charge in [0.25, 0.3) is 6.33 Å². The van der Waals surface area contributed by atoms with Crippen molar-refractivity contribution in [2.75, 3.05) is 0 Å². The van der Waals surface area contributed by atoms with Crippen LogP contribution in [0.4, 0.5) is 0 Å². The highest BCUT2D eigenvalue weighted by Crippen LogP contribution is 2.05. The van der Waals surface area contributed by atoms with Gasteiger partial charge in [-0.2, -0.15) is 9.83 Å². The SMILES string of the molecule is C[n+]1ccn(C(=O)c2ccc(C#N)cc2)c1. The van der Waals surface area contributed by atoms with Gasteiger partial charge in [-0.1, -0.05) is 0 Å². The van der Waals surface area contributed by atoms with Gasteiger partial charge < -0.3 is 0 Å². The average Bonchev–Trinajstić information content (AvgIpc) is 2.75. The van der Waals surface area contributed by atoms with E-state index in [0.717, 1.165) is 0 Å². The summed E-state index contributed by atoms with van der Waals surface area (Å²) in [5.41, 5.74) is 1.12. The minimum absolute atomic E-state index is 0.106. The predicted octanol–water partition coefficient (Wildman–Crippen LogP) is 0.873. The van der Waals surface area contributed by atoms with Crippen LogP contribution in [0.15, 0.2) is 43.0 Å². The molecule has 0 saturated heterocycles. The zero-order valence-corrected chi connectivity index (χ0v) is 8.79. The fraction of sp³-hybridized carbons (Fsp3) is 0.0833. The highest BCUT2D eigenvalue weighted by Gasteiger charge is 2.13. The molecular weight excluding hydrogens is 202 g/mol. The van der Waals surface area contributed by atoms with Crippen molar-refractivity contribution < 1.29 is 9.36 Å². The normalized spacial score (nSPS) is 9.75. The number of aromatic nitrogens is 2. The molecule has 4 heteroatoms. The van der Waals surface area contributed by atoms with Gasteiger partial charge in [0.2, 0.25) is 0 Å². The summed E-state index contributed by atoms with van der Waals surface area (Å²) < 4.78 is 3.29. The maximum atomic E-state index is 11.9. The second-order valence-electron chi connectivity index (χ2n) is 3.48. The smallest absolute Gasteiger partial charge is 0.240 e. The number of hydrogen-bond donors (Lipinski definition) is 0. The van der Waals surface area contributed by atoms with E-state index in [1.165, 1.54) is 4.57 Å². The van der Waals surface area contributed by atoms with Crippen LogP contribution in [0.3, 0.4) is 0 Å². The van der Waals surface area contributed by atoms with E-state index in [0.29, 0.717) is 11.1 Å². The Bertz CT molecular complexity index is 561. The molecule has 0 atom stereocenters. The fourth-order valence-electron chi connectivity index (χ4n) is 1.41. The van der Waals surface area contributed by atoms with Gasteiger partial charge in [0.1, 0.15) is 12.4 Å². The molecule has 0 N–H and O–H groups in total. The predicted molar refractivity (Wildman–Crippen MR) is 56.5 cm³/mol. The van der Waals surface area contributed by atoms with E-state index in [2.05, 4.69) is 0 Å². The molecule has 16 heavy (non-hydrogen) atoms. The number of nitrogens with zero attached hydrogens (tertiary/aromatic N) is 3. The highest BCUT2D eigenvalue weighted by atomic mass is 16.2. The third kappa shape index (κ3) is 1.84. The van der Waals surface area contributed by atoms with Crippen LogP contribution in [0.2, 0.25) is 0 Å². The molecule has 78 valence electrons. The lowest BCUT2D eigenvalue weighted by atomic mass is 10.1. The van der Waals surface area contributed by atoms with Crippen molar-refractivity contribution in [1.29, 1.82) is 5.26 Å². The third-order valence-corrected chi connectivity index (χ3v) is 2.26. The Kier molecular flexibility index (Phi) is 2.52. The van der Waals surface area contributed by atoms with E-state index in [1.807, 2.05) is 13.1 Å². The standard InChI is InChI=1S/C12H10N3O/c1-14-6-7-15(9-14)12(16)11-4-2-10(8-13)3-5-11/h2-7,9H,1H3/q+1. The summed E-state index contributed by atoms with van der Waals surface area (Å²) in [5.74, 6) is -0.106. The molecule has 0 aliphatic rings. The molecule has 4 nitrogen and oxygen atoms in total.